The van der Waals surface area contributed by atoms with Crippen molar-refractivity contribution in [3.8, 4) is 0 Å². The van der Waals surface area contributed by atoms with Crippen molar-refractivity contribution in [3.05, 3.63) is 28.2 Å². The average Bonchev–Trinajstić information content (AvgIpc) is 2.39. The van der Waals surface area contributed by atoms with Gasteiger partial charge < -0.3 is 15.3 Å². The van der Waals surface area contributed by atoms with E-state index < -0.39 is 12.0 Å². The van der Waals surface area contributed by atoms with Crippen LogP contribution in [0.4, 0.5) is 5.69 Å². The number of hydrogen-bond acceptors (Lipinski definition) is 3. The summed E-state index contributed by atoms with van der Waals surface area (Å²) in [5.41, 5.74) is 1.77. The van der Waals surface area contributed by atoms with Gasteiger partial charge in [-0.3, -0.25) is 9.59 Å². The van der Waals surface area contributed by atoms with Gasteiger partial charge in [-0.2, -0.15) is 0 Å². The number of carboxylic acid groups (broad SMARTS) is 1. The van der Waals surface area contributed by atoms with Crippen molar-refractivity contribution in [2.45, 2.75) is 19.0 Å². The molecule has 1 unspecified atom stereocenters. The maximum Gasteiger partial charge on any atom is 0.305 e. The van der Waals surface area contributed by atoms with E-state index in [0.29, 0.717) is 6.54 Å². The Kier molecular flexibility index (Phi) is 3.56. The Labute approximate surface area is 113 Å². The molecule has 0 fully saturated rings. The fourth-order valence-electron chi connectivity index (χ4n) is 2.00. The molecule has 1 aliphatic heterocycles. The van der Waals surface area contributed by atoms with Gasteiger partial charge in [-0.05, 0) is 23.8 Å². The quantitative estimate of drug-likeness (QED) is 0.871. The number of amides is 1. The zero-order chi connectivity index (χ0) is 13.3. The molecule has 6 heteroatoms. The number of anilines is 1. The highest BCUT2D eigenvalue weighted by molar-refractivity contribution is 9.10. The van der Waals surface area contributed by atoms with E-state index in [-0.39, 0.29) is 12.3 Å². The molecule has 2 rings (SSSR count). The number of likely N-dealkylation sites (N-methyl/N-ethyl adjacent to an activating group) is 1. The van der Waals surface area contributed by atoms with Gasteiger partial charge in [-0.25, -0.2) is 0 Å². The number of fused-ring (bicyclic) bond motifs is 1. The van der Waals surface area contributed by atoms with Gasteiger partial charge in [0, 0.05) is 23.8 Å². The molecular formula is C12H13BrN2O3. The molecular weight excluding hydrogens is 300 g/mol. The first-order chi connectivity index (χ1) is 8.47. The normalized spacial score (nSPS) is 18.9. The number of carboxylic acids is 1. The maximum atomic E-state index is 12.0. The Bertz CT molecular complexity index is 504. The van der Waals surface area contributed by atoms with Crippen LogP contribution < -0.4 is 5.32 Å². The van der Waals surface area contributed by atoms with Gasteiger partial charge in [0.2, 0.25) is 5.91 Å². The molecule has 18 heavy (non-hydrogen) atoms. The summed E-state index contributed by atoms with van der Waals surface area (Å²) in [5, 5.41) is 11.8. The van der Waals surface area contributed by atoms with Crippen molar-refractivity contribution in [1.82, 2.24) is 4.90 Å². The molecule has 0 aliphatic carbocycles. The van der Waals surface area contributed by atoms with Crippen molar-refractivity contribution in [2.75, 3.05) is 12.4 Å². The molecule has 0 saturated carbocycles. The minimum atomic E-state index is -0.991. The van der Waals surface area contributed by atoms with E-state index >= 15 is 0 Å². The molecule has 1 aromatic carbocycles. The van der Waals surface area contributed by atoms with Crippen LogP contribution in [-0.4, -0.2) is 35.0 Å². The lowest BCUT2D eigenvalue weighted by Gasteiger charge is -2.19. The predicted octanol–water partition coefficient (Wildman–Crippen LogP) is 1.68. The van der Waals surface area contributed by atoms with E-state index in [1.165, 1.54) is 0 Å². The minimum absolute atomic E-state index is 0.204. The lowest BCUT2D eigenvalue weighted by atomic mass is 10.1. The molecule has 96 valence electrons. The van der Waals surface area contributed by atoms with Crippen LogP contribution in [0.1, 0.15) is 12.0 Å². The first kappa shape index (κ1) is 12.9. The second-order valence-corrected chi connectivity index (χ2v) is 5.21. The molecule has 1 atom stereocenters. The molecule has 1 aliphatic rings. The molecule has 0 radical (unpaired) electrons. The summed E-state index contributed by atoms with van der Waals surface area (Å²) in [6.45, 7) is 0.469. The van der Waals surface area contributed by atoms with E-state index in [9.17, 15) is 9.59 Å². The third kappa shape index (κ3) is 2.64. The molecule has 1 heterocycles. The third-order valence-corrected chi connectivity index (χ3v) is 3.35. The topological polar surface area (TPSA) is 69.6 Å². The molecule has 0 aromatic heterocycles. The predicted molar refractivity (Wildman–Crippen MR) is 70.3 cm³/mol. The highest BCUT2D eigenvalue weighted by Crippen LogP contribution is 2.26. The van der Waals surface area contributed by atoms with Gasteiger partial charge in [0.1, 0.15) is 6.04 Å². The number of aliphatic carboxylic acids is 1. The number of benzene rings is 1. The first-order valence-corrected chi connectivity index (χ1v) is 6.28. The van der Waals surface area contributed by atoms with Crippen LogP contribution >= 0.6 is 15.9 Å². The van der Waals surface area contributed by atoms with Gasteiger partial charge in [0.15, 0.2) is 0 Å². The molecule has 0 bridgehead atoms. The standard InChI is InChI=1S/C12H13BrN2O3/c1-15-6-7-4-8(13)2-3-9(7)14-10(12(15)18)5-11(16)17/h2-4,10,14H,5-6H2,1H3,(H,16,17). The number of carbonyl (C=O) groups is 2. The number of hydrogen-bond donors (Lipinski definition) is 2. The summed E-state index contributed by atoms with van der Waals surface area (Å²) in [6.07, 6.45) is -0.224. The van der Waals surface area contributed by atoms with E-state index in [1.54, 1.807) is 11.9 Å². The monoisotopic (exact) mass is 312 g/mol. The van der Waals surface area contributed by atoms with Gasteiger partial charge in [-0.1, -0.05) is 15.9 Å². The zero-order valence-electron chi connectivity index (χ0n) is 9.81. The largest absolute Gasteiger partial charge is 0.481 e. The van der Waals surface area contributed by atoms with Crippen LogP contribution in [0.5, 0.6) is 0 Å². The number of nitrogens with zero attached hydrogens (tertiary/aromatic N) is 1. The summed E-state index contributed by atoms with van der Waals surface area (Å²) >= 11 is 3.38. The second-order valence-electron chi connectivity index (χ2n) is 4.29. The average molecular weight is 313 g/mol. The van der Waals surface area contributed by atoms with E-state index in [2.05, 4.69) is 21.2 Å². The van der Waals surface area contributed by atoms with Crippen LogP contribution in [0.15, 0.2) is 22.7 Å². The molecule has 5 nitrogen and oxygen atoms in total. The van der Waals surface area contributed by atoms with Crippen molar-refractivity contribution in [2.24, 2.45) is 0 Å². The van der Waals surface area contributed by atoms with Gasteiger partial charge in [-0.15, -0.1) is 0 Å². The van der Waals surface area contributed by atoms with Crippen LogP contribution in [0.3, 0.4) is 0 Å². The Morgan fingerprint density at radius 1 is 1.61 bits per heavy atom. The summed E-state index contributed by atoms with van der Waals surface area (Å²) in [7, 11) is 1.68. The lowest BCUT2D eigenvalue weighted by Crippen LogP contribution is -2.39. The van der Waals surface area contributed by atoms with Crippen molar-refractivity contribution >= 4 is 33.5 Å². The highest BCUT2D eigenvalue weighted by Gasteiger charge is 2.28. The SMILES string of the molecule is CN1Cc2cc(Br)ccc2NC(CC(=O)O)C1=O. The van der Waals surface area contributed by atoms with Crippen LogP contribution in [0.2, 0.25) is 0 Å². The molecule has 1 aromatic rings. The van der Waals surface area contributed by atoms with Crippen LogP contribution in [-0.2, 0) is 16.1 Å². The van der Waals surface area contributed by atoms with Crippen molar-refractivity contribution in [1.29, 1.82) is 0 Å². The summed E-state index contributed by atoms with van der Waals surface area (Å²) in [5.74, 6) is -1.19. The highest BCUT2D eigenvalue weighted by atomic mass is 79.9. The number of rotatable bonds is 2. The number of nitrogens with one attached hydrogen (secondary N) is 1. The van der Waals surface area contributed by atoms with Gasteiger partial charge in [0.05, 0.1) is 6.42 Å². The van der Waals surface area contributed by atoms with E-state index in [4.69, 9.17) is 5.11 Å². The fourth-order valence-corrected chi connectivity index (χ4v) is 2.40. The van der Waals surface area contributed by atoms with E-state index in [1.807, 2.05) is 18.2 Å². The Balaban J connectivity index is 2.34. The van der Waals surface area contributed by atoms with Crippen molar-refractivity contribution < 1.29 is 14.7 Å². The van der Waals surface area contributed by atoms with Gasteiger partial charge >= 0.3 is 5.97 Å². The maximum absolute atomic E-state index is 12.0. The second kappa shape index (κ2) is 4.97. The van der Waals surface area contributed by atoms with Crippen LogP contribution in [0.25, 0.3) is 0 Å². The molecule has 1 amide bonds. The van der Waals surface area contributed by atoms with Gasteiger partial charge in [0.25, 0.3) is 0 Å². The Morgan fingerprint density at radius 3 is 3.00 bits per heavy atom. The van der Waals surface area contributed by atoms with Crippen LogP contribution in [0, 0.1) is 0 Å². The summed E-state index contributed by atoms with van der Waals surface area (Å²) in [6, 6.07) is 4.92. The minimum Gasteiger partial charge on any atom is -0.481 e. The summed E-state index contributed by atoms with van der Waals surface area (Å²) < 4.78 is 0.931. The summed E-state index contributed by atoms with van der Waals surface area (Å²) in [4.78, 5) is 24.3. The number of halogens is 1. The number of carbonyl (C=O) groups excluding carboxylic acids is 1. The molecule has 2 N–H and O–H groups in total. The molecule has 0 saturated heterocycles. The van der Waals surface area contributed by atoms with E-state index in [0.717, 1.165) is 15.7 Å². The Morgan fingerprint density at radius 2 is 2.33 bits per heavy atom. The lowest BCUT2D eigenvalue weighted by molar-refractivity contribution is -0.141. The molecule has 0 spiro atoms. The third-order valence-electron chi connectivity index (χ3n) is 2.86. The zero-order valence-corrected chi connectivity index (χ0v) is 11.4. The van der Waals surface area contributed by atoms with Crippen molar-refractivity contribution in [3.63, 3.8) is 0 Å². The Hall–Kier alpha value is -1.56. The first-order valence-electron chi connectivity index (χ1n) is 5.49. The smallest absolute Gasteiger partial charge is 0.305 e. The fraction of sp³-hybridized carbons (Fsp3) is 0.333.